The van der Waals surface area contributed by atoms with Gasteiger partial charge in [0.2, 0.25) is 17.8 Å². The number of methoxy groups -OCH3 is 2. The molecule has 45 heavy (non-hydrogen) atoms. The molecule has 238 valence electrons. The predicted molar refractivity (Wildman–Crippen MR) is 157 cm³/mol. The zero-order valence-electron chi connectivity index (χ0n) is 23.9. The first kappa shape index (κ1) is 31.4. The number of hydrogen-bond donors (Lipinski definition) is 9. The van der Waals surface area contributed by atoms with Gasteiger partial charge in [-0.3, -0.25) is 0 Å². The summed E-state index contributed by atoms with van der Waals surface area (Å²) < 4.78 is 28.4. The van der Waals surface area contributed by atoms with E-state index in [1.54, 1.807) is 0 Å². The highest BCUT2D eigenvalue weighted by Crippen LogP contribution is 2.48. The van der Waals surface area contributed by atoms with Crippen LogP contribution in [0.25, 0.3) is 34.4 Å². The van der Waals surface area contributed by atoms with Gasteiger partial charge in [-0.25, -0.2) is 4.42 Å². The number of ether oxygens (including phenoxy) is 4. The molecule has 1 aliphatic heterocycles. The van der Waals surface area contributed by atoms with Crippen LogP contribution >= 0.6 is 0 Å². The van der Waals surface area contributed by atoms with Gasteiger partial charge in [0, 0.05) is 23.8 Å². The molecule has 1 aliphatic rings. The Morgan fingerprint density at radius 2 is 1.49 bits per heavy atom. The first-order valence-corrected chi connectivity index (χ1v) is 13.5. The Kier molecular flexibility index (Phi) is 8.77. The molecule has 1 aromatic heterocycles. The van der Waals surface area contributed by atoms with Gasteiger partial charge in [-0.2, -0.15) is 0 Å². The summed E-state index contributed by atoms with van der Waals surface area (Å²) in [5, 5.41) is 92.8. The van der Waals surface area contributed by atoms with Crippen LogP contribution in [0.2, 0.25) is 0 Å². The van der Waals surface area contributed by atoms with E-state index in [4.69, 9.17) is 23.4 Å². The fraction of sp³-hybridized carbons (Fsp3) is 0.258. The van der Waals surface area contributed by atoms with Crippen molar-refractivity contribution >= 4 is 23.1 Å². The van der Waals surface area contributed by atoms with E-state index in [-0.39, 0.29) is 62.4 Å². The summed E-state index contributed by atoms with van der Waals surface area (Å²) in [5.41, 5.74) is 0.579. The van der Waals surface area contributed by atoms with Crippen molar-refractivity contribution in [3.63, 3.8) is 0 Å². The summed E-state index contributed by atoms with van der Waals surface area (Å²) >= 11 is 0. The fourth-order valence-corrected chi connectivity index (χ4v) is 4.93. The third-order valence-electron chi connectivity index (χ3n) is 7.26. The van der Waals surface area contributed by atoms with Gasteiger partial charge in [-0.15, -0.1) is 0 Å². The van der Waals surface area contributed by atoms with Crippen LogP contribution in [0.4, 0.5) is 0 Å². The number of rotatable bonds is 8. The Balaban J connectivity index is 1.82. The van der Waals surface area contributed by atoms with E-state index in [0.29, 0.717) is 5.56 Å². The van der Waals surface area contributed by atoms with Crippen molar-refractivity contribution < 1.29 is 69.3 Å². The lowest BCUT2D eigenvalue weighted by Gasteiger charge is -2.39. The minimum atomic E-state index is -1.84. The molecule has 5 atom stereocenters. The predicted octanol–water partition coefficient (Wildman–Crippen LogP) is 2.28. The van der Waals surface area contributed by atoms with E-state index in [2.05, 4.69) is 0 Å². The van der Waals surface area contributed by atoms with Crippen LogP contribution in [0.5, 0.6) is 46.0 Å². The molecule has 3 aromatic carbocycles. The number of aliphatic hydroxyl groups excluding tert-OH is 4. The maximum absolute atomic E-state index is 11.0. The quantitative estimate of drug-likeness (QED) is 0.101. The molecule has 0 spiro atoms. The lowest BCUT2D eigenvalue weighted by atomic mass is 9.98. The molecule has 1 fully saturated rings. The number of fused-ring (bicyclic) bond motifs is 1. The minimum Gasteiger partial charge on any atom is -0.507 e. The zero-order chi connectivity index (χ0) is 32.6. The average Bonchev–Trinajstić information content (AvgIpc) is 3.02. The molecule has 1 saturated heterocycles. The SMILES string of the molecule is COc1cc(-c2[o+]c3cc(O)cc(O)c3c(/C=C/c3ccc(O)c(O)c3)c2O[C@@H]2O[C@H](CO)[C@@H](O)[C@H](O)[C@H]2O)cc(OC)c1O. The van der Waals surface area contributed by atoms with Crippen molar-refractivity contribution in [3.05, 3.63) is 53.6 Å². The van der Waals surface area contributed by atoms with Gasteiger partial charge in [0.05, 0.1) is 32.5 Å². The number of phenols is 5. The molecule has 0 amide bonds. The van der Waals surface area contributed by atoms with E-state index in [9.17, 15) is 46.0 Å². The molecule has 14 heteroatoms. The largest absolute Gasteiger partial charge is 0.507 e. The molecule has 14 nitrogen and oxygen atoms in total. The molecule has 0 saturated carbocycles. The second kappa shape index (κ2) is 12.6. The Morgan fingerprint density at radius 3 is 2.11 bits per heavy atom. The monoisotopic (exact) mass is 627 g/mol. The molecule has 0 aliphatic carbocycles. The van der Waals surface area contributed by atoms with E-state index in [1.165, 1.54) is 62.8 Å². The summed E-state index contributed by atoms with van der Waals surface area (Å²) in [4.78, 5) is 0. The summed E-state index contributed by atoms with van der Waals surface area (Å²) in [5.74, 6) is -2.31. The van der Waals surface area contributed by atoms with Crippen molar-refractivity contribution in [1.82, 2.24) is 0 Å². The van der Waals surface area contributed by atoms with Gasteiger partial charge in [-0.1, -0.05) is 12.1 Å². The minimum absolute atomic E-state index is 0.00750. The maximum Gasteiger partial charge on any atom is 0.403 e. The third kappa shape index (κ3) is 5.92. The first-order chi connectivity index (χ1) is 21.5. The van der Waals surface area contributed by atoms with Gasteiger partial charge in [0.1, 0.15) is 41.3 Å². The number of hydrogen-bond acceptors (Lipinski definition) is 13. The van der Waals surface area contributed by atoms with Crippen molar-refractivity contribution in [2.75, 3.05) is 20.8 Å². The van der Waals surface area contributed by atoms with E-state index >= 15 is 0 Å². The Bertz CT molecular complexity index is 1730. The number of aliphatic hydroxyl groups is 4. The normalized spacial score (nSPS) is 21.7. The van der Waals surface area contributed by atoms with Crippen LogP contribution < -0.4 is 14.2 Å². The molecule has 2 heterocycles. The zero-order valence-corrected chi connectivity index (χ0v) is 23.9. The number of phenolic OH excluding ortho intramolecular Hbond substituents is 5. The second-order valence-electron chi connectivity index (χ2n) is 10.1. The molecular formula is C31H31O14+. The van der Waals surface area contributed by atoms with Crippen molar-refractivity contribution in [3.8, 4) is 57.3 Å². The summed E-state index contributed by atoms with van der Waals surface area (Å²) in [6.45, 7) is -0.733. The first-order valence-electron chi connectivity index (χ1n) is 13.5. The molecule has 0 bridgehead atoms. The fourth-order valence-electron chi connectivity index (χ4n) is 4.93. The highest BCUT2D eigenvalue weighted by molar-refractivity contribution is 5.99. The standard InChI is InChI=1S/C31H30O14/c1-41-21-8-14(9-22(42-2)25(21)37)29-30(45-31-28(40)27(39)26(38)23(12-32)44-31)16(5-3-13-4-6-17(34)18(35)7-13)24-19(36)10-15(33)11-20(24)43-29/h3-11,23,26-28,31-32,38-40H,12H2,1-2H3,(H4-,33,34,35,36,37)/p+1/b5-3+/t23-,26-,27+,28-,31+/m1/s1. The van der Waals surface area contributed by atoms with Gasteiger partial charge >= 0.3 is 11.3 Å². The van der Waals surface area contributed by atoms with E-state index in [1.807, 2.05) is 0 Å². The summed E-state index contributed by atoms with van der Waals surface area (Å²) in [6.07, 6.45) is -5.41. The molecule has 4 aromatic rings. The number of aromatic hydroxyl groups is 5. The van der Waals surface area contributed by atoms with Crippen LogP contribution in [0.1, 0.15) is 11.1 Å². The van der Waals surface area contributed by atoms with E-state index in [0.717, 1.165) is 6.07 Å². The second-order valence-corrected chi connectivity index (χ2v) is 10.1. The molecular weight excluding hydrogens is 596 g/mol. The lowest BCUT2D eigenvalue weighted by Crippen LogP contribution is -2.60. The van der Waals surface area contributed by atoms with Crippen LogP contribution in [0.3, 0.4) is 0 Å². The average molecular weight is 628 g/mol. The van der Waals surface area contributed by atoms with Gasteiger partial charge in [-0.05, 0) is 23.8 Å². The van der Waals surface area contributed by atoms with Crippen molar-refractivity contribution in [1.29, 1.82) is 0 Å². The van der Waals surface area contributed by atoms with Crippen LogP contribution in [-0.4, -0.2) is 97.5 Å². The van der Waals surface area contributed by atoms with E-state index < -0.39 is 48.8 Å². The highest BCUT2D eigenvalue weighted by Gasteiger charge is 2.46. The number of benzene rings is 3. The maximum atomic E-state index is 11.0. The van der Waals surface area contributed by atoms with Crippen LogP contribution in [-0.2, 0) is 4.74 Å². The Hall–Kier alpha value is -4.99. The molecule has 5 rings (SSSR count). The Morgan fingerprint density at radius 1 is 0.800 bits per heavy atom. The Labute approximate surface area is 255 Å². The molecule has 9 N–H and O–H groups in total. The van der Waals surface area contributed by atoms with Gasteiger partial charge in [0.25, 0.3) is 0 Å². The third-order valence-corrected chi connectivity index (χ3v) is 7.26. The molecule has 0 unspecified atom stereocenters. The summed E-state index contributed by atoms with van der Waals surface area (Å²) in [7, 11) is 2.61. The highest BCUT2D eigenvalue weighted by atomic mass is 16.7. The van der Waals surface area contributed by atoms with Crippen molar-refractivity contribution in [2.45, 2.75) is 30.7 Å². The smallest absolute Gasteiger partial charge is 0.403 e. The lowest BCUT2D eigenvalue weighted by molar-refractivity contribution is -0.277. The summed E-state index contributed by atoms with van der Waals surface area (Å²) in [6, 6.07) is 9.02. The van der Waals surface area contributed by atoms with Gasteiger partial charge < -0.3 is 64.9 Å². The topological polar surface area (TPSA) is 230 Å². The molecule has 0 radical (unpaired) electrons. The van der Waals surface area contributed by atoms with Gasteiger partial charge in [0.15, 0.2) is 23.0 Å². The van der Waals surface area contributed by atoms with Crippen molar-refractivity contribution in [2.24, 2.45) is 0 Å². The van der Waals surface area contributed by atoms with Crippen LogP contribution in [0, 0.1) is 0 Å². The van der Waals surface area contributed by atoms with Crippen LogP contribution in [0.15, 0.2) is 46.9 Å².